The van der Waals surface area contributed by atoms with Gasteiger partial charge in [-0.2, -0.15) is 10.4 Å². The highest BCUT2D eigenvalue weighted by atomic mass is 32.2. The second-order valence-corrected chi connectivity index (χ2v) is 4.55. The van der Waals surface area contributed by atoms with Crippen LogP contribution < -0.4 is 5.73 Å². The predicted octanol–water partition coefficient (Wildman–Crippen LogP) is 1.73. The fraction of sp³-hybridized carbons (Fsp3) is 0.182. The maximum atomic E-state index is 8.88. The molecule has 5 nitrogen and oxygen atoms in total. The lowest BCUT2D eigenvalue weighted by atomic mass is 10.2. The summed E-state index contributed by atoms with van der Waals surface area (Å²) in [6.45, 7) is 1.92. The van der Waals surface area contributed by atoms with E-state index in [2.05, 4.69) is 10.1 Å². The van der Waals surface area contributed by atoms with Gasteiger partial charge in [-0.3, -0.25) is 4.68 Å². The van der Waals surface area contributed by atoms with Gasteiger partial charge in [0, 0.05) is 13.2 Å². The van der Waals surface area contributed by atoms with Crippen LogP contribution in [-0.4, -0.2) is 14.8 Å². The van der Waals surface area contributed by atoms with Crippen molar-refractivity contribution in [2.24, 2.45) is 7.05 Å². The van der Waals surface area contributed by atoms with Gasteiger partial charge in [-0.05, 0) is 30.8 Å². The smallest absolute Gasteiger partial charge is 0.126 e. The van der Waals surface area contributed by atoms with Crippen molar-refractivity contribution in [1.82, 2.24) is 14.8 Å². The Bertz CT molecular complexity index is 596. The van der Waals surface area contributed by atoms with E-state index in [0.717, 1.165) is 10.7 Å². The first kappa shape index (κ1) is 11.5. The van der Waals surface area contributed by atoms with Crippen molar-refractivity contribution in [3.05, 3.63) is 29.6 Å². The zero-order chi connectivity index (χ0) is 12.4. The van der Waals surface area contributed by atoms with E-state index in [1.807, 2.05) is 26.1 Å². The van der Waals surface area contributed by atoms with Gasteiger partial charge in [-0.15, -0.1) is 0 Å². The minimum atomic E-state index is 0.416. The third kappa shape index (κ3) is 2.24. The highest BCUT2D eigenvalue weighted by molar-refractivity contribution is 7.99. The van der Waals surface area contributed by atoms with Crippen LogP contribution in [0.4, 0.5) is 5.69 Å². The van der Waals surface area contributed by atoms with Crippen molar-refractivity contribution in [3.63, 3.8) is 0 Å². The van der Waals surface area contributed by atoms with Crippen LogP contribution >= 0.6 is 11.8 Å². The average molecular weight is 245 g/mol. The maximum Gasteiger partial charge on any atom is 0.126 e. The van der Waals surface area contributed by atoms with Gasteiger partial charge in [0.1, 0.15) is 16.1 Å². The molecule has 0 atom stereocenters. The Morgan fingerprint density at radius 2 is 2.29 bits per heavy atom. The molecule has 2 rings (SSSR count). The molecular formula is C11H11N5S. The standard InChI is InChI=1S/C11H11N5S/c1-7-5-9(16(2)15-7)17-11-10(13)8(6-12)3-4-14-11/h3-5H,13H2,1-2H3. The Balaban J connectivity index is 2.37. The summed E-state index contributed by atoms with van der Waals surface area (Å²) in [4.78, 5) is 4.18. The molecule has 2 N–H and O–H groups in total. The van der Waals surface area contributed by atoms with E-state index in [0.29, 0.717) is 16.3 Å². The molecule has 0 aliphatic rings. The molecule has 0 amide bonds. The molecule has 0 aromatic carbocycles. The summed E-state index contributed by atoms with van der Waals surface area (Å²) in [5.74, 6) is 0. The molecule has 17 heavy (non-hydrogen) atoms. The number of aromatic nitrogens is 3. The van der Waals surface area contributed by atoms with Gasteiger partial charge in [0.15, 0.2) is 0 Å². The summed E-state index contributed by atoms with van der Waals surface area (Å²) in [7, 11) is 1.86. The van der Waals surface area contributed by atoms with Crippen LogP contribution in [0.25, 0.3) is 0 Å². The number of hydrogen-bond acceptors (Lipinski definition) is 5. The van der Waals surface area contributed by atoms with E-state index in [4.69, 9.17) is 11.0 Å². The second-order valence-electron chi connectivity index (χ2n) is 3.54. The SMILES string of the molecule is Cc1cc(Sc2nccc(C#N)c2N)n(C)n1. The summed E-state index contributed by atoms with van der Waals surface area (Å²) in [5.41, 5.74) is 7.66. The number of pyridine rings is 1. The van der Waals surface area contributed by atoms with Gasteiger partial charge in [-0.1, -0.05) is 0 Å². The zero-order valence-electron chi connectivity index (χ0n) is 9.51. The van der Waals surface area contributed by atoms with Crippen molar-refractivity contribution in [2.75, 3.05) is 5.73 Å². The molecule has 86 valence electrons. The monoisotopic (exact) mass is 245 g/mol. The molecule has 0 unspecified atom stereocenters. The van der Waals surface area contributed by atoms with Gasteiger partial charge in [0.05, 0.1) is 16.9 Å². The third-order valence-corrected chi connectivity index (χ3v) is 3.34. The molecule has 0 aliphatic heterocycles. The molecule has 0 aliphatic carbocycles. The first-order valence-corrected chi connectivity index (χ1v) is 5.76. The molecule has 2 aromatic rings. The summed E-state index contributed by atoms with van der Waals surface area (Å²) < 4.78 is 1.76. The lowest BCUT2D eigenvalue weighted by molar-refractivity contribution is 0.692. The molecule has 2 heterocycles. The van der Waals surface area contributed by atoms with Gasteiger partial charge in [0.25, 0.3) is 0 Å². The highest BCUT2D eigenvalue weighted by Crippen LogP contribution is 2.31. The number of nitriles is 1. The summed E-state index contributed by atoms with van der Waals surface area (Å²) in [6.07, 6.45) is 1.58. The van der Waals surface area contributed by atoms with Crippen LogP contribution in [0.3, 0.4) is 0 Å². The minimum absolute atomic E-state index is 0.416. The number of anilines is 1. The van der Waals surface area contributed by atoms with E-state index in [-0.39, 0.29) is 0 Å². The first-order chi connectivity index (χ1) is 8.11. The third-order valence-electron chi connectivity index (χ3n) is 2.23. The number of nitrogens with two attached hydrogens (primary N) is 1. The Morgan fingerprint density at radius 1 is 1.53 bits per heavy atom. The van der Waals surface area contributed by atoms with Crippen LogP contribution in [0.5, 0.6) is 0 Å². The average Bonchev–Trinajstić information content (AvgIpc) is 2.60. The van der Waals surface area contributed by atoms with Crippen molar-refractivity contribution < 1.29 is 0 Å². The van der Waals surface area contributed by atoms with Crippen LogP contribution in [0.2, 0.25) is 0 Å². The van der Waals surface area contributed by atoms with Crippen molar-refractivity contribution >= 4 is 17.4 Å². The van der Waals surface area contributed by atoms with Gasteiger partial charge in [0.2, 0.25) is 0 Å². The Kier molecular flexibility index (Phi) is 3.02. The molecule has 0 saturated carbocycles. The molecule has 0 radical (unpaired) electrons. The Hall–Kier alpha value is -2.00. The number of hydrogen-bond donors (Lipinski definition) is 1. The van der Waals surface area contributed by atoms with Gasteiger partial charge < -0.3 is 5.73 Å². The minimum Gasteiger partial charge on any atom is -0.395 e. The van der Waals surface area contributed by atoms with Gasteiger partial charge in [-0.25, -0.2) is 4.98 Å². The van der Waals surface area contributed by atoms with Crippen LogP contribution in [-0.2, 0) is 7.05 Å². The van der Waals surface area contributed by atoms with Crippen molar-refractivity contribution in [2.45, 2.75) is 17.0 Å². The lowest BCUT2D eigenvalue weighted by Crippen LogP contribution is -1.97. The fourth-order valence-corrected chi connectivity index (χ4v) is 2.35. The van der Waals surface area contributed by atoms with Crippen molar-refractivity contribution in [1.29, 1.82) is 5.26 Å². The topological polar surface area (TPSA) is 80.5 Å². The van der Waals surface area contributed by atoms with Crippen LogP contribution in [0.1, 0.15) is 11.3 Å². The van der Waals surface area contributed by atoms with E-state index in [9.17, 15) is 0 Å². The molecule has 2 aromatic heterocycles. The fourth-order valence-electron chi connectivity index (χ4n) is 1.41. The quantitative estimate of drug-likeness (QED) is 0.871. The molecule has 0 bridgehead atoms. The number of nitrogens with zero attached hydrogens (tertiary/aromatic N) is 4. The Labute approximate surface area is 103 Å². The second kappa shape index (κ2) is 4.47. The van der Waals surface area contributed by atoms with E-state index < -0.39 is 0 Å². The van der Waals surface area contributed by atoms with Crippen molar-refractivity contribution in [3.8, 4) is 6.07 Å². The molecule has 0 saturated heterocycles. The predicted molar refractivity (Wildman–Crippen MR) is 65.4 cm³/mol. The maximum absolute atomic E-state index is 8.88. The van der Waals surface area contributed by atoms with E-state index in [1.165, 1.54) is 11.8 Å². The molecule has 6 heteroatoms. The number of rotatable bonds is 2. The number of nitrogen functional groups attached to an aromatic ring is 1. The van der Waals surface area contributed by atoms with E-state index >= 15 is 0 Å². The zero-order valence-corrected chi connectivity index (χ0v) is 10.3. The molecular weight excluding hydrogens is 234 g/mol. The van der Waals surface area contributed by atoms with Crippen LogP contribution in [0, 0.1) is 18.3 Å². The van der Waals surface area contributed by atoms with Gasteiger partial charge >= 0.3 is 0 Å². The summed E-state index contributed by atoms with van der Waals surface area (Å²) >= 11 is 1.40. The number of aryl methyl sites for hydroxylation is 2. The molecule has 0 fully saturated rings. The normalized spacial score (nSPS) is 10.2. The highest BCUT2D eigenvalue weighted by Gasteiger charge is 2.10. The summed E-state index contributed by atoms with van der Waals surface area (Å²) in [6, 6.07) is 5.59. The first-order valence-electron chi connectivity index (χ1n) is 4.95. The Morgan fingerprint density at radius 3 is 2.88 bits per heavy atom. The summed E-state index contributed by atoms with van der Waals surface area (Å²) in [5, 5.41) is 14.7. The molecule has 0 spiro atoms. The van der Waals surface area contributed by atoms with E-state index in [1.54, 1.807) is 16.9 Å². The van der Waals surface area contributed by atoms with Crippen LogP contribution in [0.15, 0.2) is 28.4 Å². The lowest BCUT2D eigenvalue weighted by Gasteiger charge is -2.05. The largest absolute Gasteiger partial charge is 0.395 e.